The van der Waals surface area contributed by atoms with Crippen LogP contribution in [-0.2, 0) is 28.7 Å². The number of esters is 1. The minimum absolute atomic E-state index is 0.123. The number of nitrogens with zero attached hydrogens (tertiary/aromatic N) is 3. The molecule has 238 valence electrons. The lowest BCUT2D eigenvalue weighted by Gasteiger charge is -2.36. The number of allylic oxidation sites excluding steroid dienone is 1. The Balaban J connectivity index is 1.59. The molecule has 1 spiro atoms. The summed E-state index contributed by atoms with van der Waals surface area (Å²) in [7, 11) is 0. The largest absolute Gasteiger partial charge is 0.460 e. The summed E-state index contributed by atoms with van der Waals surface area (Å²) in [6, 6.07) is 6.64. The zero-order chi connectivity index (χ0) is 31.6. The minimum atomic E-state index is -1.40. The van der Waals surface area contributed by atoms with Crippen LogP contribution in [0.5, 0.6) is 0 Å². The highest BCUT2D eigenvalue weighted by atomic mass is 79.9. The summed E-state index contributed by atoms with van der Waals surface area (Å²) < 4.78 is 12.8. The van der Waals surface area contributed by atoms with Gasteiger partial charge in [-0.1, -0.05) is 28.1 Å². The number of amides is 3. The number of halogens is 1. The smallest absolute Gasteiger partial charge is 0.313 e. The molecule has 5 bridgehead atoms. The molecule has 0 aromatic heterocycles. The van der Waals surface area contributed by atoms with Crippen molar-refractivity contribution in [2.45, 2.75) is 63.9 Å². The summed E-state index contributed by atoms with van der Waals surface area (Å²) >= 11 is 3.55. The molecular weight excluding hydrogens is 632 g/mol. The average Bonchev–Trinajstić information content (AvgIpc) is 3.60. The quantitative estimate of drug-likeness (QED) is 0.334. The molecule has 11 nitrogen and oxygen atoms in total. The van der Waals surface area contributed by atoms with E-state index in [1.165, 1.54) is 4.90 Å². The third-order valence-electron chi connectivity index (χ3n) is 8.94. The monoisotopic (exact) mass is 672 g/mol. The van der Waals surface area contributed by atoms with Crippen molar-refractivity contribution >= 4 is 51.0 Å². The molecule has 0 aliphatic carbocycles. The molecule has 4 aliphatic heterocycles. The van der Waals surface area contributed by atoms with E-state index >= 15 is 0 Å². The molecular formula is C32H41BrN4O7. The van der Waals surface area contributed by atoms with Crippen molar-refractivity contribution in [3.8, 4) is 0 Å². The van der Waals surface area contributed by atoms with Crippen molar-refractivity contribution < 1.29 is 33.8 Å². The van der Waals surface area contributed by atoms with Gasteiger partial charge >= 0.3 is 5.97 Å². The van der Waals surface area contributed by atoms with Gasteiger partial charge in [-0.3, -0.25) is 19.2 Å². The molecule has 4 aliphatic rings. The van der Waals surface area contributed by atoms with Crippen LogP contribution < -0.4 is 15.1 Å². The predicted molar refractivity (Wildman–Crippen MR) is 168 cm³/mol. The molecule has 44 heavy (non-hydrogen) atoms. The number of hydrogen-bond acceptors (Lipinski definition) is 8. The van der Waals surface area contributed by atoms with Gasteiger partial charge in [-0.15, -0.1) is 0 Å². The number of hydrogen-bond donors (Lipinski definition) is 2. The Morgan fingerprint density at radius 1 is 1.09 bits per heavy atom. The summed E-state index contributed by atoms with van der Waals surface area (Å²) in [5.74, 6) is -3.50. The van der Waals surface area contributed by atoms with Crippen LogP contribution in [0.1, 0.15) is 40.0 Å². The molecule has 0 unspecified atom stereocenters. The van der Waals surface area contributed by atoms with Crippen LogP contribution in [0.25, 0.3) is 0 Å². The molecule has 6 atom stereocenters. The number of rotatable bonds is 7. The van der Waals surface area contributed by atoms with Crippen molar-refractivity contribution in [3.63, 3.8) is 0 Å². The van der Waals surface area contributed by atoms with Gasteiger partial charge in [0.2, 0.25) is 11.8 Å². The molecule has 1 aromatic rings. The van der Waals surface area contributed by atoms with Crippen molar-refractivity contribution in [2.24, 2.45) is 11.8 Å². The van der Waals surface area contributed by atoms with E-state index in [1.54, 1.807) is 17.9 Å². The van der Waals surface area contributed by atoms with Crippen LogP contribution in [0.2, 0.25) is 0 Å². The Morgan fingerprint density at radius 2 is 1.82 bits per heavy atom. The van der Waals surface area contributed by atoms with Crippen LogP contribution in [0.15, 0.2) is 47.0 Å². The molecule has 3 amide bonds. The fourth-order valence-corrected chi connectivity index (χ4v) is 7.56. The lowest BCUT2D eigenvalue weighted by atomic mass is 9.74. The van der Waals surface area contributed by atoms with Gasteiger partial charge in [-0.2, -0.15) is 0 Å². The number of anilines is 2. The summed E-state index contributed by atoms with van der Waals surface area (Å²) in [5, 5.41) is 12.5. The summed E-state index contributed by atoms with van der Waals surface area (Å²) in [5.41, 5.74) is 0.268. The number of fused-ring (bicyclic) bond motifs is 2. The Kier molecular flexibility index (Phi) is 9.81. The first-order chi connectivity index (χ1) is 21.2. The SMILES string of the molecule is CCN(CC)c1ccc(N2C/C=C\CCC(=O)NC[C@H](C)OC(=O)[C@H]3[C@@H]4O[C@@]5(C=C4Br)[C@@H]3C(=O)N(CCCO)[C@@H]5C2=O)cc1. The highest BCUT2D eigenvalue weighted by Gasteiger charge is 2.74. The van der Waals surface area contributed by atoms with Gasteiger partial charge in [0.05, 0.1) is 12.5 Å². The van der Waals surface area contributed by atoms with Gasteiger partial charge in [0.1, 0.15) is 29.8 Å². The first kappa shape index (κ1) is 32.2. The summed E-state index contributed by atoms with van der Waals surface area (Å²) in [6.45, 7) is 7.81. The van der Waals surface area contributed by atoms with Gasteiger partial charge in [0.15, 0.2) is 0 Å². The number of carbonyl (C=O) groups excluding carboxylic acids is 4. The van der Waals surface area contributed by atoms with Gasteiger partial charge in [0, 0.05) is 55.1 Å². The number of likely N-dealkylation sites (tertiary alicyclic amines) is 1. The van der Waals surface area contributed by atoms with Gasteiger partial charge in [-0.25, -0.2) is 0 Å². The molecule has 4 heterocycles. The number of cyclic esters (lactones) is 1. The maximum atomic E-state index is 14.8. The van der Waals surface area contributed by atoms with E-state index in [-0.39, 0.29) is 56.8 Å². The first-order valence-electron chi connectivity index (χ1n) is 15.4. The van der Waals surface area contributed by atoms with Gasteiger partial charge in [0.25, 0.3) is 5.91 Å². The van der Waals surface area contributed by atoms with Crippen LogP contribution in [0, 0.1) is 11.8 Å². The van der Waals surface area contributed by atoms with E-state index < -0.39 is 41.7 Å². The third kappa shape index (κ3) is 5.79. The van der Waals surface area contributed by atoms with Crippen LogP contribution in [-0.4, -0.2) is 96.9 Å². The second kappa shape index (κ2) is 13.4. The third-order valence-corrected chi connectivity index (χ3v) is 9.62. The molecule has 12 heteroatoms. The van der Waals surface area contributed by atoms with Crippen molar-refractivity contribution in [2.75, 3.05) is 49.1 Å². The van der Waals surface area contributed by atoms with E-state index in [4.69, 9.17) is 9.47 Å². The van der Waals surface area contributed by atoms with E-state index in [1.807, 2.05) is 36.4 Å². The van der Waals surface area contributed by atoms with E-state index in [0.717, 1.165) is 18.8 Å². The zero-order valence-corrected chi connectivity index (χ0v) is 27.0. The molecule has 0 radical (unpaired) electrons. The Hall–Kier alpha value is -3.22. The second-order valence-electron chi connectivity index (χ2n) is 11.6. The number of ether oxygens (including phenoxy) is 2. The Bertz CT molecular complexity index is 1330. The standard InChI is InChI=1S/C32H41BrN4O7/c1-4-35(5-2)21-11-13-22(14-12-21)36-15-8-6-7-10-24(39)34-19-20(3)43-31(42)25-26-29(40)37(16-9-17-38)28(30(36)41)32(26)18-23(33)27(25)44-32/h6,8,11-14,18,20,25-28,38H,4-5,7,9-10,15-17,19H2,1-3H3,(H,34,39)/b8-6-/t20-,25+,26-,27+,28+,32-/m0/s1. The van der Waals surface area contributed by atoms with Crippen LogP contribution >= 0.6 is 15.9 Å². The number of benzene rings is 1. The normalized spacial score (nSPS) is 31.5. The molecule has 5 rings (SSSR count). The Labute approximate surface area is 266 Å². The molecule has 0 saturated carbocycles. The number of aliphatic hydroxyl groups is 1. The zero-order valence-electron chi connectivity index (χ0n) is 25.4. The number of nitrogens with one attached hydrogen (secondary N) is 1. The van der Waals surface area contributed by atoms with E-state index in [0.29, 0.717) is 16.6 Å². The highest BCUT2D eigenvalue weighted by Crippen LogP contribution is 2.59. The maximum absolute atomic E-state index is 14.8. The van der Waals surface area contributed by atoms with Gasteiger partial charge < -0.3 is 34.6 Å². The summed E-state index contributed by atoms with van der Waals surface area (Å²) in [6.07, 6.45) is 5.03. The van der Waals surface area contributed by atoms with Crippen molar-refractivity contribution in [1.29, 1.82) is 0 Å². The number of carbonyl (C=O) groups is 4. The van der Waals surface area contributed by atoms with Crippen LogP contribution in [0.4, 0.5) is 11.4 Å². The lowest BCUT2D eigenvalue weighted by molar-refractivity contribution is -0.158. The summed E-state index contributed by atoms with van der Waals surface area (Å²) in [4.78, 5) is 60.3. The lowest BCUT2D eigenvalue weighted by Crippen LogP contribution is -2.56. The van der Waals surface area contributed by atoms with Crippen molar-refractivity contribution in [3.05, 3.63) is 47.0 Å². The highest BCUT2D eigenvalue weighted by molar-refractivity contribution is 9.11. The second-order valence-corrected chi connectivity index (χ2v) is 12.6. The fourth-order valence-electron chi connectivity index (χ4n) is 6.83. The van der Waals surface area contributed by atoms with E-state index in [2.05, 4.69) is 40.0 Å². The van der Waals surface area contributed by atoms with E-state index in [9.17, 15) is 24.3 Å². The first-order valence-corrected chi connectivity index (χ1v) is 16.2. The molecule has 2 N–H and O–H groups in total. The van der Waals surface area contributed by atoms with Crippen LogP contribution in [0.3, 0.4) is 0 Å². The van der Waals surface area contributed by atoms with Crippen molar-refractivity contribution in [1.82, 2.24) is 10.2 Å². The number of aliphatic hydroxyl groups excluding tert-OH is 1. The molecule has 2 fully saturated rings. The average molecular weight is 674 g/mol. The Morgan fingerprint density at radius 3 is 2.50 bits per heavy atom. The fraction of sp³-hybridized carbons (Fsp3) is 0.562. The topological polar surface area (TPSA) is 129 Å². The maximum Gasteiger partial charge on any atom is 0.313 e. The molecule has 1 aromatic carbocycles. The van der Waals surface area contributed by atoms with Gasteiger partial charge in [-0.05, 0) is 64.0 Å². The predicted octanol–water partition coefficient (Wildman–Crippen LogP) is 2.52. The minimum Gasteiger partial charge on any atom is -0.460 e. The molecule has 2 saturated heterocycles.